The molecule has 1 fully saturated rings. The van der Waals surface area contributed by atoms with E-state index in [9.17, 15) is 15.0 Å². The summed E-state index contributed by atoms with van der Waals surface area (Å²) in [6.07, 6.45) is -3.09. The van der Waals surface area contributed by atoms with Crippen molar-refractivity contribution >= 4 is 23.3 Å². The second-order valence-corrected chi connectivity index (χ2v) is 6.08. The predicted molar refractivity (Wildman–Crippen MR) is 88.6 cm³/mol. The first-order valence-corrected chi connectivity index (χ1v) is 7.77. The number of anilines is 1. The van der Waals surface area contributed by atoms with Crippen LogP contribution >= 0.6 is 11.6 Å². The second-order valence-electron chi connectivity index (χ2n) is 5.67. The van der Waals surface area contributed by atoms with Gasteiger partial charge >= 0.3 is 0 Å². The van der Waals surface area contributed by atoms with Gasteiger partial charge in [-0.2, -0.15) is 0 Å². The molecule has 1 aromatic carbocycles. The Labute approximate surface area is 147 Å². The number of nitrogens with zero attached hydrogens (tertiary/aromatic N) is 2. The fourth-order valence-electron chi connectivity index (χ4n) is 2.77. The van der Waals surface area contributed by atoms with E-state index in [1.165, 1.54) is 23.0 Å². The van der Waals surface area contributed by atoms with Crippen LogP contribution in [0, 0.1) is 0 Å². The molecule has 0 unspecified atom stereocenters. The Balaban J connectivity index is 1.95. The molecule has 0 spiro atoms. The van der Waals surface area contributed by atoms with Gasteiger partial charge in [0.25, 0.3) is 0 Å². The predicted octanol–water partition coefficient (Wildman–Crippen LogP) is -0.504. The number of aliphatic hydroxyl groups excluding tert-OH is 3. The number of aliphatic hydroxyl groups is 3. The Morgan fingerprint density at radius 1 is 1.36 bits per heavy atom. The maximum atomic E-state index is 11.2. The third-order valence-electron chi connectivity index (χ3n) is 4.13. The van der Waals surface area contributed by atoms with Crippen molar-refractivity contribution in [1.82, 2.24) is 9.55 Å². The summed E-state index contributed by atoms with van der Waals surface area (Å²) in [7, 11) is 0. The highest BCUT2D eigenvalue weighted by atomic mass is 35.5. The van der Waals surface area contributed by atoms with Crippen molar-refractivity contribution in [2.24, 2.45) is 5.73 Å². The van der Waals surface area contributed by atoms with Gasteiger partial charge in [0.2, 0.25) is 5.91 Å². The van der Waals surface area contributed by atoms with Gasteiger partial charge in [-0.05, 0) is 12.1 Å². The molecule has 7 N–H and O–H groups in total. The highest BCUT2D eigenvalue weighted by Crippen LogP contribution is 2.35. The average molecular weight is 369 g/mol. The van der Waals surface area contributed by atoms with Crippen LogP contribution in [-0.4, -0.2) is 55.7 Å². The van der Waals surface area contributed by atoms with Crippen molar-refractivity contribution in [1.29, 1.82) is 0 Å². The second kappa shape index (κ2) is 6.62. The maximum absolute atomic E-state index is 11.2. The summed E-state index contributed by atoms with van der Waals surface area (Å²) in [5, 5.41) is 29.3. The number of carbonyl (C=O) groups is 1. The average Bonchev–Trinajstić information content (AvgIpc) is 3.08. The molecule has 2 heterocycles. The van der Waals surface area contributed by atoms with Gasteiger partial charge in [0.15, 0.2) is 6.23 Å². The minimum Gasteiger partial charge on any atom is -0.394 e. The number of primary amides is 1. The number of rotatable bonds is 4. The van der Waals surface area contributed by atoms with E-state index in [2.05, 4.69) is 4.98 Å². The number of benzene rings is 1. The zero-order chi connectivity index (χ0) is 18.3. The van der Waals surface area contributed by atoms with Crippen LogP contribution in [0.4, 0.5) is 5.82 Å². The summed E-state index contributed by atoms with van der Waals surface area (Å²) >= 11 is 6.04. The monoisotopic (exact) mass is 368 g/mol. The lowest BCUT2D eigenvalue weighted by Crippen LogP contribution is -2.33. The molecule has 0 aliphatic carbocycles. The molecular weight excluding hydrogens is 352 g/mol. The summed E-state index contributed by atoms with van der Waals surface area (Å²) in [4.78, 5) is 15.4. The minimum atomic E-state index is -1.28. The first-order valence-electron chi connectivity index (χ1n) is 7.39. The number of hydrogen-bond donors (Lipinski definition) is 5. The zero-order valence-electron chi connectivity index (χ0n) is 12.9. The van der Waals surface area contributed by atoms with E-state index in [1.807, 2.05) is 0 Å². The van der Waals surface area contributed by atoms with Crippen LogP contribution in [-0.2, 0) is 4.74 Å². The van der Waals surface area contributed by atoms with Gasteiger partial charge in [0, 0.05) is 5.56 Å². The number of aromatic nitrogens is 2. The molecular formula is C15H17ClN4O5. The number of halogens is 1. The first-order chi connectivity index (χ1) is 11.8. The molecule has 0 bridgehead atoms. The van der Waals surface area contributed by atoms with E-state index in [1.54, 1.807) is 6.07 Å². The van der Waals surface area contributed by atoms with Gasteiger partial charge in [-0.1, -0.05) is 17.7 Å². The quantitative estimate of drug-likeness (QED) is 0.486. The number of carbonyl (C=O) groups excluding carboxylic acids is 1. The van der Waals surface area contributed by atoms with Gasteiger partial charge in [0.05, 0.1) is 23.5 Å². The van der Waals surface area contributed by atoms with Crippen molar-refractivity contribution in [3.05, 3.63) is 35.1 Å². The molecule has 25 heavy (non-hydrogen) atoms. The highest BCUT2D eigenvalue weighted by molar-refractivity contribution is 6.34. The third kappa shape index (κ3) is 2.96. The van der Waals surface area contributed by atoms with E-state index in [0.717, 1.165) is 0 Å². The van der Waals surface area contributed by atoms with Crippen LogP contribution in [0.5, 0.6) is 0 Å². The molecule has 0 radical (unpaired) electrons. The maximum Gasteiger partial charge on any atom is 0.250 e. The van der Waals surface area contributed by atoms with Crippen molar-refractivity contribution in [3.8, 4) is 11.3 Å². The molecule has 3 rings (SSSR count). The standard InChI is InChI=1S/C15H17ClN4O5/c16-8-3-6(1-2-7(8)14(18)24)10-13(17)20(5-19-10)15-12(23)11(22)9(4-21)25-15/h1-3,5,9,11-12,15,21-23H,4,17H2,(H2,18,24)/t9-,11-,12-,15-/m1/s1. The van der Waals surface area contributed by atoms with Crippen LogP contribution < -0.4 is 11.5 Å². The van der Waals surface area contributed by atoms with Crippen molar-refractivity contribution in [3.63, 3.8) is 0 Å². The number of hydrogen-bond acceptors (Lipinski definition) is 7. The lowest BCUT2D eigenvalue weighted by atomic mass is 10.1. The van der Waals surface area contributed by atoms with E-state index < -0.39 is 37.1 Å². The fraction of sp³-hybridized carbons (Fsp3) is 0.333. The van der Waals surface area contributed by atoms with Crippen molar-refractivity contribution in [2.45, 2.75) is 24.5 Å². The lowest BCUT2D eigenvalue weighted by molar-refractivity contribution is -0.0517. The smallest absolute Gasteiger partial charge is 0.250 e. The molecule has 134 valence electrons. The molecule has 2 aromatic rings. The van der Waals surface area contributed by atoms with Gasteiger partial charge in [-0.25, -0.2) is 4.98 Å². The summed E-state index contributed by atoms with van der Waals surface area (Å²) in [6.45, 7) is -0.444. The molecule has 1 aromatic heterocycles. The number of nitrogen functional groups attached to an aromatic ring is 1. The van der Waals surface area contributed by atoms with Crippen LogP contribution in [0.2, 0.25) is 5.02 Å². The molecule has 4 atom stereocenters. The van der Waals surface area contributed by atoms with Gasteiger partial charge in [-0.3, -0.25) is 9.36 Å². The molecule has 0 saturated carbocycles. The minimum absolute atomic E-state index is 0.159. The van der Waals surface area contributed by atoms with E-state index in [0.29, 0.717) is 11.3 Å². The van der Waals surface area contributed by atoms with Crippen LogP contribution in [0.25, 0.3) is 11.3 Å². The molecule has 1 aliphatic rings. The number of amides is 1. The lowest BCUT2D eigenvalue weighted by Gasteiger charge is -2.17. The summed E-state index contributed by atoms with van der Waals surface area (Å²) in [5.74, 6) is -0.487. The SMILES string of the molecule is NC(=O)c1ccc(-c2ncn([C@@H]3O[C@H](CO)[C@@H](O)[C@H]3O)c2N)cc1Cl. The Hall–Kier alpha value is -2.17. The summed E-state index contributed by atoms with van der Waals surface area (Å²) in [6, 6.07) is 4.55. The van der Waals surface area contributed by atoms with Crippen LogP contribution in [0.3, 0.4) is 0 Å². The Kier molecular flexibility index (Phi) is 4.67. The highest BCUT2D eigenvalue weighted by Gasteiger charge is 2.44. The molecule has 10 heteroatoms. The van der Waals surface area contributed by atoms with Crippen LogP contribution in [0.1, 0.15) is 16.6 Å². The van der Waals surface area contributed by atoms with Crippen molar-refractivity contribution < 1.29 is 24.9 Å². The fourth-order valence-corrected chi connectivity index (χ4v) is 3.04. The number of ether oxygens (including phenoxy) is 1. The van der Waals surface area contributed by atoms with E-state index in [4.69, 9.17) is 32.9 Å². The number of nitrogens with two attached hydrogens (primary N) is 2. The van der Waals surface area contributed by atoms with Crippen molar-refractivity contribution in [2.75, 3.05) is 12.3 Å². The zero-order valence-corrected chi connectivity index (χ0v) is 13.7. The topological polar surface area (TPSA) is 157 Å². The van der Waals surface area contributed by atoms with Gasteiger partial charge in [0.1, 0.15) is 29.8 Å². The largest absolute Gasteiger partial charge is 0.394 e. The first kappa shape index (κ1) is 17.6. The molecule has 9 nitrogen and oxygen atoms in total. The third-order valence-corrected chi connectivity index (χ3v) is 4.44. The van der Waals surface area contributed by atoms with Gasteiger partial charge < -0.3 is 31.5 Å². The Morgan fingerprint density at radius 2 is 2.08 bits per heavy atom. The van der Waals surface area contributed by atoms with Gasteiger partial charge in [-0.15, -0.1) is 0 Å². The number of imidazole rings is 1. The Morgan fingerprint density at radius 3 is 2.64 bits per heavy atom. The normalized spacial score (nSPS) is 26.1. The Bertz CT molecular complexity index is 811. The molecule has 1 aliphatic heterocycles. The van der Waals surface area contributed by atoms with E-state index in [-0.39, 0.29) is 16.4 Å². The molecule has 1 amide bonds. The summed E-state index contributed by atoms with van der Waals surface area (Å²) < 4.78 is 6.79. The van der Waals surface area contributed by atoms with E-state index >= 15 is 0 Å². The van der Waals surface area contributed by atoms with Crippen LogP contribution in [0.15, 0.2) is 24.5 Å². The molecule has 1 saturated heterocycles. The summed E-state index contributed by atoms with van der Waals surface area (Å²) in [5.41, 5.74) is 12.4.